The second-order valence-electron chi connectivity index (χ2n) is 4.62. The Morgan fingerprint density at radius 3 is 2.44 bits per heavy atom. The van der Waals surface area contributed by atoms with Gasteiger partial charge in [0.05, 0.1) is 5.92 Å². The van der Waals surface area contributed by atoms with Crippen LogP contribution in [0, 0.1) is 17.6 Å². The van der Waals surface area contributed by atoms with Crippen molar-refractivity contribution in [1.82, 2.24) is 4.90 Å². The minimum atomic E-state index is -0.927. The van der Waals surface area contributed by atoms with E-state index >= 15 is 0 Å². The number of carboxylic acid groups (broad SMARTS) is 1. The van der Waals surface area contributed by atoms with Gasteiger partial charge in [-0.2, -0.15) is 0 Å². The number of hydrogen-bond donors (Lipinski definition) is 1. The molecule has 0 amide bonds. The summed E-state index contributed by atoms with van der Waals surface area (Å²) < 4.78 is 26.6. The van der Waals surface area contributed by atoms with Crippen LogP contribution in [0.5, 0.6) is 0 Å². The van der Waals surface area contributed by atoms with Gasteiger partial charge in [-0.25, -0.2) is 8.78 Å². The molecule has 100 valence electrons. The van der Waals surface area contributed by atoms with Crippen LogP contribution in [-0.4, -0.2) is 30.1 Å². The zero-order valence-electron chi connectivity index (χ0n) is 10.7. The molecule has 18 heavy (non-hydrogen) atoms. The topological polar surface area (TPSA) is 40.5 Å². The summed E-state index contributed by atoms with van der Waals surface area (Å²) in [4.78, 5) is 12.6. The minimum Gasteiger partial charge on any atom is -0.481 e. The number of hydrogen-bond acceptors (Lipinski definition) is 2. The van der Waals surface area contributed by atoms with Gasteiger partial charge in [-0.1, -0.05) is 13.0 Å². The second kappa shape index (κ2) is 5.91. The number of carbonyl (C=O) groups is 1. The summed E-state index contributed by atoms with van der Waals surface area (Å²) in [5.74, 6) is -2.81. The highest BCUT2D eigenvalue weighted by atomic mass is 19.1. The van der Waals surface area contributed by atoms with E-state index < -0.39 is 29.6 Å². The number of rotatable bonds is 5. The van der Waals surface area contributed by atoms with Gasteiger partial charge >= 0.3 is 5.97 Å². The normalized spacial score (nSPS) is 14.6. The summed E-state index contributed by atoms with van der Waals surface area (Å²) in [6, 6.07) is 2.97. The minimum absolute atomic E-state index is 0.269. The standard InChI is InChI=1S/C13H17F2NO2/c1-8(13(17)18)6-12(16(2)3)10-5-4-9(14)7-11(10)15/h4-5,7-8,12H,6H2,1-3H3,(H,17,18). The number of nitrogens with zero attached hydrogens (tertiary/aromatic N) is 1. The molecule has 0 radical (unpaired) electrons. The van der Waals surface area contributed by atoms with E-state index in [0.29, 0.717) is 5.56 Å². The maximum Gasteiger partial charge on any atom is 0.306 e. The Balaban J connectivity index is 3.01. The molecule has 2 atom stereocenters. The van der Waals surface area contributed by atoms with Crippen LogP contribution in [0.15, 0.2) is 18.2 Å². The average molecular weight is 257 g/mol. The highest BCUT2D eigenvalue weighted by molar-refractivity contribution is 5.69. The Hall–Kier alpha value is -1.49. The molecule has 5 heteroatoms. The number of benzene rings is 1. The predicted molar refractivity (Wildman–Crippen MR) is 64.2 cm³/mol. The van der Waals surface area contributed by atoms with E-state index in [9.17, 15) is 13.6 Å². The highest BCUT2D eigenvalue weighted by Crippen LogP contribution is 2.28. The maximum atomic E-state index is 13.7. The van der Waals surface area contributed by atoms with Gasteiger partial charge in [0.25, 0.3) is 0 Å². The first-order valence-corrected chi connectivity index (χ1v) is 5.67. The van der Waals surface area contributed by atoms with E-state index in [1.165, 1.54) is 12.1 Å². The Bertz CT molecular complexity index is 435. The second-order valence-corrected chi connectivity index (χ2v) is 4.62. The molecular weight excluding hydrogens is 240 g/mol. The highest BCUT2D eigenvalue weighted by Gasteiger charge is 2.23. The third-order valence-corrected chi connectivity index (χ3v) is 2.94. The van der Waals surface area contributed by atoms with E-state index in [-0.39, 0.29) is 6.42 Å². The fourth-order valence-corrected chi connectivity index (χ4v) is 1.82. The molecule has 0 fully saturated rings. The molecule has 0 saturated heterocycles. The molecule has 2 unspecified atom stereocenters. The Morgan fingerprint density at radius 2 is 2.00 bits per heavy atom. The van der Waals surface area contributed by atoms with Crippen LogP contribution in [0.1, 0.15) is 24.9 Å². The third-order valence-electron chi connectivity index (χ3n) is 2.94. The third kappa shape index (κ3) is 3.50. The van der Waals surface area contributed by atoms with Gasteiger partial charge in [-0.15, -0.1) is 0 Å². The summed E-state index contributed by atoms with van der Waals surface area (Å²) >= 11 is 0. The van der Waals surface area contributed by atoms with E-state index in [1.54, 1.807) is 25.9 Å². The van der Waals surface area contributed by atoms with Crippen LogP contribution in [-0.2, 0) is 4.79 Å². The molecule has 0 aliphatic heterocycles. The quantitative estimate of drug-likeness (QED) is 0.881. The van der Waals surface area contributed by atoms with Crippen molar-refractivity contribution in [2.75, 3.05) is 14.1 Å². The fraction of sp³-hybridized carbons (Fsp3) is 0.462. The number of carboxylic acids is 1. The summed E-state index contributed by atoms with van der Waals surface area (Å²) in [7, 11) is 3.48. The molecule has 1 N–H and O–H groups in total. The van der Waals surface area contributed by atoms with E-state index in [4.69, 9.17) is 5.11 Å². The smallest absolute Gasteiger partial charge is 0.306 e. The molecule has 1 rings (SSSR count). The maximum absolute atomic E-state index is 13.7. The largest absolute Gasteiger partial charge is 0.481 e. The lowest BCUT2D eigenvalue weighted by Gasteiger charge is -2.26. The lowest BCUT2D eigenvalue weighted by molar-refractivity contribution is -0.141. The van der Waals surface area contributed by atoms with Crippen molar-refractivity contribution in [3.05, 3.63) is 35.4 Å². The Kier molecular flexibility index (Phi) is 4.78. The lowest BCUT2D eigenvalue weighted by Crippen LogP contribution is -2.25. The van der Waals surface area contributed by atoms with E-state index in [0.717, 1.165) is 6.07 Å². The first kappa shape index (κ1) is 14.6. The van der Waals surface area contributed by atoms with Crippen molar-refractivity contribution >= 4 is 5.97 Å². The van der Waals surface area contributed by atoms with Gasteiger partial charge in [-0.3, -0.25) is 4.79 Å². The van der Waals surface area contributed by atoms with Gasteiger partial charge in [-0.05, 0) is 26.6 Å². The lowest BCUT2D eigenvalue weighted by atomic mass is 9.94. The van der Waals surface area contributed by atoms with E-state index in [1.807, 2.05) is 0 Å². The first-order chi connectivity index (χ1) is 8.32. The van der Waals surface area contributed by atoms with Crippen molar-refractivity contribution in [2.45, 2.75) is 19.4 Å². The van der Waals surface area contributed by atoms with Crippen LogP contribution in [0.25, 0.3) is 0 Å². The van der Waals surface area contributed by atoms with Crippen molar-refractivity contribution in [1.29, 1.82) is 0 Å². The van der Waals surface area contributed by atoms with Gasteiger partial charge in [0.15, 0.2) is 0 Å². The number of halogens is 2. The molecule has 0 aliphatic carbocycles. The molecule has 0 aliphatic rings. The molecule has 0 spiro atoms. The molecule has 0 heterocycles. The summed E-state index contributed by atoms with van der Waals surface area (Å²) in [6.45, 7) is 1.57. The SMILES string of the molecule is CC(CC(c1ccc(F)cc1F)N(C)C)C(=O)O. The fourth-order valence-electron chi connectivity index (χ4n) is 1.82. The van der Waals surface area contributed by atoms with Gasteiger partial charge < -0.3 is 10.0 Å². The monoisotopic (exact) mass is 257 g/mol. The predicted octanol–water partition coefficient (Wildman–Crippen LogP) is 2.68. The number of aliphatic carboxylic acids is 1. The van der Waals surface area contributed by atoms with Gasteiger partial charge in [0, 0.05) is 17.7 Å². The summed E-state index contributed by atoms with van der Waals surface area (Å²) in [6.07, 6.45) is 0.269. The molecule has 0 bridgehead atoms. The van der Waals surface area contributed by atoms with Crippen LogP contribution in [0.3, 0.4) is 0 Å². The van der Waals surface area contributed by atoms with Crippen LogP contribution < -0.4 is 0 Å². The van der Waals surface area contributed by atoms with Gasteiger partial charge in [0.1, 0.15) is 11.6 Å². The van der Waals surface area contributed by atoms with Gasteiger partial charge in [0.2, 0.25) is 0 Å². The molecule has 3 nitrogen and oxygen atoms in total. The first-order valence-electron chi connectivity index (χ1n) is 5.67. The zero-order valence-corrected chi connectivity index (χ0v) is 10.7. The molecule has 0 aromatic heterocycles. The summed E-state index contributed by atoms with van der Waals surface area (Å²) in [5, 5.41) is 8.90. The Labute approximate surface area is 105 Å². The average Bonchev–Trinajstić information content (AvgIpc) is 2.26. The van der Waals surface area contributed by atoms with Crippen molar-refractivity contribution in [3.8, 4) is 0 Å². The molecule has 0 saturated carbocycles. The summed E-state index contributed by atoms with van der Waals surface area (Å²) in [5.41, 5.74) is 0.314. The molecular formula is C13H17F2NO2. The van der Waals surface area contributed by atoms with Crippen LogP contribution in [0.2, 0.25) is 0 Å². The Morgan fingerprint density at radius 1 is 1.39 bits per heavy atom. The van der Waals surface area contributed by atoms with Crippen molar-refractivity contribution in [3.63, 3.8) is 0 Å². The van der Waals surface area contributed by atoms with Crippen LogP contribution in [0.4, 0.5) is 8.78 Å². The van der Waals surface area contributed by atoms with Crippen molar-refractivity contribution in [2.24, 2.45) is 5.92 Å². The molecule has 1 aromatic rings. The molecule has 1 aromatic carbocycles. The van der Waals surface area contributed by atoms with Crippen molar-refractivity contribution < 1.29 is 18.7 Å². The zero-order chi connectivity index (χ0) is 13.9. The van der Waals surface area contributed by atoms with E-state index in [2.05, 4.69) is 0 Å². The van der Waals surface area contributed by atoms with Crippen LogP contribution >= 0.6 is 0 Å².